The zero-order valence-electron chi connectivity index (χ0n) is 19.2. The Balaban J connectivity index is 1.76. The van der Waals surface area contributed by atoms with E-state index in [-0.39, 0.29) is 11.9 Å². The fourth-order valence-electron chi connectivity index (χ4n) is 3.52. The maximum atomic E-state index is 12.8. The van der Waals surface area contributed by atoms with Gasteiger partial charge in [0.1, 0.15) is 0 Å². The number of para-hydroxylation sites is 1. The summed E-state index contributed by atoms with van der Waals surface area (Å²) < 4.78 is 2.13. The lowest BCUT2D eigenvalue weighted by molar-refractivity contribution is -0.113. The molecule has 0 aliphatic carbocycles. The van der Waals surface area contributed by atoms with E-state index in [9.17, 15) is 4.79 Å². The molecule has 0 saturated heterocycles. The number of nitrogens with zero attached hydrogens (tertiary/aromatic N) is 3. The fraction of sp³-hybridized carbons (Fsp3) is 0.458. The minimum Gasteiger partial charge on any atom is -0.325 e. The molecule has 1 amide bonds. The quantitative estimate of drug-likeness (QED) is 0.370. The van der Waals surface area contributed by atoms with Crippen LogP contribution >= 0.6 is 23.1 Å². The normalized spacial score (nSPS) is 11.5. The van der Waals surface area contributed by atoms with Crippen LogP contribution in [0.4, 0.5) is 5.69 Å². The van der Waals surface area contributed by atoms with E-state index in [0.717, 1.165) is 35.1 Å². The van der Waals surface area contributed by atoms with Gasteiger partial charge in [-0.3, -0.25) is 9.36 Å². The highest BCUT2D eigenvalue weighted by Gasteiger charge is 2.20. The van der Waals surface area contributed by atoms with Gasteiger partial charge in [-0.15, -0.1) is 21.5 Å². The largest absolute Gasteiger partial charge is 0.325 e. The fourth-order valence-corrected chi connectivity index (χ4v) is 5.29. The Bertz CT molecular complexity index is 1010. The van der Waals surface area contributed by atoms with Gasteiger partial charge in [0.05, 0.1) is 5.75 Å². The summed E-state index contributed by atoms with van der Waals surface area (Å²) in [5, 5.41) is 14.9. The Morgan fingerprint density at radius 2 is 1.81 bits per heavy atom. The molecule has 3 rings (SSSR count). The van der Waals surface area contributed by atoms with E-state index in [1.807, 2.05) is 0 Å². The Kier molecular flexibility index (Phi) is 7.94. The number of aromatic nitrogens is 3. The van der Waals surface area contributed by atoms with Crippen LogP contribution in [0.1, 0.15) is 69.5 Å². The Hall–Kier alpha value is -2.12. The van der Waals surface area contributed by atoms with Crippen molar-refractivity contribution in [1.82, 2.24) is 14.8 Å². The molecule has 166 valence electrons. The van der Waals surface area contributed by atoms with Crippen LogP contribution in [-0.2, 0) is 17.6 Å². The minimum absolute atomic E-state index is 0.0157. The predicted octanol–water partition coefficient (Wildman–Crippen LogP) is 6.57. The summed E-state index contributed by atoms with van der Waals surface area (Å²) in [6.07, 6.45) is 1.78. The lowest BCUT2D eigenvalue weighted by Gasteiger charge is -2.15. The Labute approximate surface area is 193 Å². The van der Waals surface area contributed by atoms with Gasteiger partial charge in [-0.05, 0) is 49.8 Å². The second-order valence-electron chi connectivity index (χ2n) is 8.16. The van der Waals surface area contributed by atoms with Crippen LogP contribution in [-0.4, -0.2) is 26.4 Å². The first-order valence-electron chi connectivity index (χ1n) is 10.9. The van der Waals surface area contributed by atoms with Gasteiger partial charge in [0.2, 0.25) is 5.91 Å². The molecular formula is C24H32N4OS2. The average Bonchev–Trinajstić information content (AvgIpc) is 3.39. The minimum atomic E-state index is -0.0157. The summed E-state index contributed by atoms with van der Waals surface area (Å²) in [5.74, 6) is 1.64. The summed E-state index contributed by atoms with van der Waals surface area (Å²) in [6, 6.07) is 8.62. The van der Waals surface area contributed by atoms with E-state index in [4.69, 9.17) is 0 Å². The summed E-state index contributed by atoms with van der Waals surface area (Å²) >= 11 is 3.20. The standard InChI is InChI=1S/C24H32N4OS2/c1-7-17-10-9-11-18(8-2)22(17)25-21(29)14-31-24-27-26-23(28(24)16(5)6)19-12-20(15(3)4)30-13-19/h9-13,15-16H,7-8,14H2,1-6H3,(H,25,29). The van der Waals surface area contributed by atoms with Gasteiger partial charge in [-0.1, -0.05) is 57.7 Å². The first-order chi connectivity index (χ1) is 14.8. The molecule has 1 aromatic carbocycles. The molecule has 2 aromatic heterocycles. The number of carbonyl (C=O) groups is 1. The van der Waals surface area contributed by atoms with E-state index in [1.165, 1.54) is 27.8 Å². The lowest BCUT2D eigenvalue weighted by Crippen LogP contribution is -2.17. The smallest absolute Gasteiger partial charge is 0.234 e. The van der Waals surface area contributed by atoms with Crippen molar-refractivity contribution in [2.75, 3.05) is 11.1 Å². The monoisotopic (exact) mass is 456 g/mol. The van der Waals surface area contributed by atoms with Crippen molar-refractivity contribution in [2.45, 2.75) is 71.5 Å². The summed E-state index contributed by atoms with van der Waals surface area (Å²) in [4.78, 5) is 14.1. The van der Waals surface area contributed by atoms with Crippen LogP contribution in [0.5, 0.6) is 0 Å². The van der Waals surface area contributed by atoms with Gasteiger partial charge in [0.25, 0.3) is 0 Å². The van der Waals surface area contributed by atoms with Gasteiger partial charge in [0, 0.05) is 27.5 Å². The third kappa shape index (κ3) is 5.39. The van der Waals surface area contributed by atoms with Gasteiger partial charge in [-0.25, -0.2) is 0 Å². The molecule has 3 aromatic rings. The zero-order valence-corrected chi connectivity index (χ0v) is 20.9. The number of hydrogen-bond donors (Lipinski definition) is 1. The summed E-state index contributed by atoms with van der Waals surface area (Å²) in [7, 11) is 0. The number of carbonyl (C=O) groups excluding carboxylic acids is 1. The van der Waals surface area contributed by atoms with Crippen molar-refractivity contribution in [3.05, 3.63) is 45.6 Å². The first kappa shape index (κ1) is 23.5. The molecule has 1 N–H and O–H groups in total. The van der Waals surface area contributed by atoms with E-state index < -0.39 is 0 Å². The van der Waals surface area contributed by atoms with E-state index >= 15 is 0 Å². The lowest BCUT2D eigenvalue weighted by atomic mass is 10.0. The highest BCUT2D eigenvalue weighted by Crippen LogP contribution is 2.33. The van der Waals surface area contributed by atoms with Crippen LogP contribution in [0.2, 0.25) is 0 Å². The van der Waals surface area contributed by atoms with Crippen molar-refractivity contribution < 1.29 is 4.79 Å². The topological polar surface area (TPSA) is 59.8 Å². The number of amides is 1. The number of hydrogen-bond acceptors (Lipinski definition) is 5. The molecule has 0 radical (unpaired) electrons. The van der Waals surface area contributed by atoms with E-state index in [1.54, 1.807) is 11.3 Å². The molecule has 0 bridgehead atoms. The molecular weight excluding hydrogens is 424 g/mol. The van der Waals surface area contributed by atoms with Crippen molar-refractivity contribution in [3.63, 3.8) is 0 Å². The molecule has 0 saturated carbocycles. The SMILES string of the molecule is CCc1cccc(CC)c1NC(=O)CSc1nnc(-c2csc(C(C)C)c2)n1C(C)C. The van der Waals surface area contributed by atoms with Crippen molar-refractivity contribution in [2.24, 2.45) is 0 Å². The van der Waals surface area contributed by atoms with Gasteiger partial charge >= 0.3 is 0 Å². The molecule has 0 aliphatic heterocycles. The van der Waals surface area contributed by atoms with Gasteiger partial charge in [-0.2, -0.15) is 0 Å². The van der Waals surface area contributed by atoms with Crippen LogP contribution in [0.3, 0.4) is 0 Å². The molecule has 0 fully saturated rings. The zero-order chi connectivity index (χ0) is 22.5. The highest BCUT2D eigenvalue weighted by atomic mass is 32.2. The average molecular weight is 457 g/mol. The van der Waals surface area contributed by atoms with E-state index in [2.05, 4.69) is 91.3 Å². The maximum absolute atomic E-state index is 12.8. The summed E-state index contributed by atoms with van der Waals surface area (Å²) in [6.45, 7) is 12.9. The molecule has 7 heteroatoms. The van der Waals surface area contributed by atoms with Gasteiger partial charge < -0.3 is 5.32 Å². The number of anilines is 1. The number of thiophene rings is 1. The third-order valence-electron chi connectivity index (χ3n) is 5.22. The van der Waals surface area contributed by atoms with Crippen LogP contribution in [0.25, 0.3) is 11.4 Å². The number of benzene rings is 1. The molecule has 0 aliphatic rings. The van der Waals surface area contributed by atoms with Crippen molar-refractivity contribution in [3.8, 4) is 11.4 Å². The number of nitrogens with one attached hydrogen (secondary N) is 1. The second kappa shape index (κ2) is 10.5. The predicted molar refractivity (Wildman–Crippen MR) is 132 cm³/mol. The van der Waals surface area contributed by atoms with Crippen LogP contribution in [0.15, 0.2) is 34.8 Å². The highest BCUT2D eigenvalue weighted by molar-refractivity contribution is 7.99. The van der Waals surface area contributed by atoms with Crippen molar-refractivity contribution >= 4 is 34.7 Å². The number of rotatable bonds is 9. The maximum Gasteiger partial charge on any atom is 0.234 e. The molecule has 0 atom stereocenters. The summed E-state index contributed by atoms with van der Waals surface area (Å²) in [5.41, 5.74) is 4.40. The Morgan fingerprint density at radius 1 is 1.13 bits per heavy atom. The first-order valence-corrected chi connectivity index (χ1v) is 12.8. The Morgan fingerprint density at radius 3 is 2.35 bits per heavy atom. The molecule has 0 spiro atoms. The number of aryl methyl sites for hydroxylation is 2. The molecule has 2 heterocycles. The molecule has 5 nitrogen and oxygen atoms in total. The third-order valence-corrected chi connectivity index (χ3v) is 7.40. The number of thioether (sulfide) groups is 1. The van der Waals surface area contributed by atoms with Crippen LogP contribution in [0, 0.1) is 0 Å². The van der Waals surface area contributed by atoms with E-state index in [0.29, 0.717) is 11.7 Å². The van der Waals surface area contributed by atoms with Crippen molar-refractivity contribution in [1.29, 1.82) is 0 Å². The molecule has 31 heavy (non-hydrogen) atoms. The molecule has 0 unspecified atom stereocenters. The van der Waals surface area contributed by atoms with Gasteiger partial charge in [0.15, 0.2) is 11.0 Å². The van der Waals surface area contributed by atoms with Crippen LogP contribution < -0.4 is 5.32 Å². The second-order valence-corrected chi connectivity index (χ2v) is 10.0.